The normalized spacial score (nSPS) is 10.2. The Labute approximate surface area is 127 Å². The van der Waals surface area contributed by atoms with Crippen LogP contribution in [0, 0.1) is 0 Å². The molecule has 0 aliphatic carbocycles. The largest absolute Gasteiger partial charge is 0.378 e. The van der Waals surface area contributed by atoms with Crippen LogP contribution in [0.4, 0.5) is 23.1 Å². The number of hydrogen-bond acceptors (Lipinski definition) is 5. The molecule has 0 aliphatic heterocycles. The van der Waals surface area contributed by atoms with Crippen molar-refractivity contribution in [3.63, 3.8) is 0 Å². The molecule has 106 valence electrons. The summed E-state index contributed by atoms with van der Waals surface area (Å²) in [6, 6.07) is 8.15. The first kappa shape index (κ1) is 14.6. The van der Waals surface area contributed by atoms with E-state index in [4.69, 9.17) is 0 Å². The van der Waals surface area contributed by atoms with Gasteiger partial charge >= 0.3 is 0 Å². The number of nitrogens with one attached hydrogen (secondary N) is 2. The zero-order valence-electron chi connectivity index (χ0n) is 11.8. The van der Waals surface area contributed by atoms with Crippen LogP contribution in [-0.4, -0.2) is 30.6 Å². The topological polar surface area (TPSA) is 53.1 Å². The lowest BCUT2D eigenvalue weighted by molar-refractivity contribution is 1.08. The van der Waals surface area contributed by atoms with E-state index in [1.165, 1.54) is 0 Å². The van der Waals surface area contributed by atoms with Crippen LogP contribution in [0.2, 0.25) is 0 Å². The Bertz CT molecular complexity index is 586. The third-order valence-corrected chi connectivity index (χ3v) is 3.28. The van der Waals surface area contributed by atoms with Crippen molar-refractivity contribution in [2.45, 2.75) is 6.92 Å². The molecule has 1 aromatic carbocycles. The van der Waals surface area contributed by atoms with Crippen LogP contribution in [-0.2, 0) is 0 Å². The second-order valence-corrected chi connectivity index (χ2v) is 5.34. The van der Waals surface area contributed by atoms with Gasteiger partial charge in [0.2, 0.25) is 5.95 Å². The van der Waals surface area contributed by atoms with E-state index >= 15 is 0 Å². The standard InChI is InChI=1S/C14H18BrN5/c1-4-16-14-17-9-12(15)13(19-14)18-10-6-5-7-11(8-10)20(2)3/h5-9H,4H2,1-3H3,(H2,16,17,18,19). The lowest BCUT2D eigenvalue weighted by atomic mass is 10.2. The maximum absolute atomic E-state index is 4.44. The highest BCUT2D eigenvalue weighted by atomic mass is 79.9. The number of halogens is 1. The van der Waals surface area contributed by atoms with Gasteiger partial charge in [-0.25, -0.2) is 4.98 Å². The third kappa shape index (κ3) is 3.60. The molecule has 2 N–H and O–H groups in total. The molecule has 0 radical (unpaired) electrons. The third-order valence-electron chi connectivity index (χ3n) is 2.70. The van der Waals surface area contributed by atoms with Gasteiger partial charge in [-0.1, -0.05) is 6.07 Å². The summed E-state index contributed by atoms with van der Waals surface area (Å²) in [4.78, 5) is 10.7. The fraction of sp³-hybridized carbons (Fsp3) is 0.286. The van der Waals surface area contributed by atoms with Crippen LogP contribution < -0.4 is 15.5 Å². The van der Waals surface area contributed by atoms with Gasteiger partial charge < -0.3 is 15.5 Å². The zero-order valence-corrected chi connectivity index (χ0v) is 13.4. The number of rotatable bonds is 5. The predicted octanol–water partition coefficient (Wildman–Crippen LogP) is 3.48. The molecule has 0 amide bonds. The SMILES string of the molecule is CCNc1ncc(Br)c(Nc2cccc(N(C)C)c2)n1. The number of aromatic nitrogens is 2. The number of anilines is 4. The van der Waals surface area contributed by atoms with E-state index in [-0.39, 0.29) is 0 Å². The van der Waals surface area contributed by atoms with Crippen molar-refractivity contribution in [2.24, 2.45) is 0 Å². The van der Waals surface area contributed by atoms with Gasteiger partial charge in [-0.3, -0.25) is 0 Å². The van der Waals surface area contributed by atoms with Gasteiger partial charge in [-0.15, -0.1) is 0 Å². The summed E-state index contributed by atoms with van der Waals surface area (Å²) >= 11 is 3.46. The number of hydrogen-bond donors (Lipinski definition) is 2. The van der Waals surface area contributed by atoms with Crippen molar-refractivity contribution in [2.75, 3.05) is 36.2 Å². The molecule has 0 unspecified atom stereocenters. The molecule has 2 aromatic rings. The molecule has 20 heavy (non-hydrogen) atoms. The predicted molar refractivity (Wildman–Crippen MR) is 87.9 cm³/mol. The van der Waals surface area contributed by atoms with Crippen molar-refractivity contribution in [3.05, 3.63) is 34.9 Å². The molecule has 2 rings (SSSR count). The molecule has 0 saturated heterocycles. The van der Waals surface area contributed by atoms with E-state index in [1.54, 1.807) is 6.20 Å². The summed E-state index contributed by atoms with van der Waals surface area (Å²) in [6.45, 7) is 2.80. The van der Waals surface area contributed by atoms with Crippen LogP contribution in [0.5, 0.6) is 0 Å². The van der Waals surface area contributed by atoms with E-state index in [0.717, 1.165) is 28.2 Å². The molecule has 0 saturated carbocycles. The summed E-state index contributed by atoms with van der Waals surface area (Å²) in [6.07, 6.45) is 1.74. The first-order chi connectivity index (χ1) is 9.60. The van der Waals surface area contributed by atoms with Crippen molar-refractivity contribution < 1.29 is 0 Å². The minimum Gasteiger partial charge on any atom is -0.378 e. The number of benzene rings is 1. The minimum absolute atomic E-state index is 0.613. The Hall–Kier alpha value is -1.82. The molecule has 1 aromatic heterocycles. The van der Waals surface area contributed by atoms with Crippen molar-refractivity contribution in [1.82, 2.24) is 9.97 Å². The van der Waals surface area contributed by atoms with Crippen molar-refractivity contribution in [3.8, 4) is 0 Å². The Morgan fingerprint density at radius 3 is 2.80 bits per heavy atom. The summed E-state index contributed by atoms with van der Waals surface area (Å²) in [7, 11) is 4.03. The van der Waals surface area contributed by atoms with Gasteiger partial charge in [0.15, 0.2) is 0 Å². The summed E-state index contributed by atoms with van der Waals surface area (Å²) in [5.41, 5.74) is 2.12. The van der Waals surface area contributed by atoms with E-state index in [1.807, 2.05) is 33.2 Å². The average Bonchev–Trinajstić information content (AvgIpc) is 2.43. The molecule has 0 fully saturated rings. The van der Waals surface area contributed by atoms with Crippen molar-refractivity contribution >= 4 is 39.1 Å². The van der Waals surface area contributed by atoms with Gasteiger partial charge in [0.25, 0.3) is 0 Å². The van der Waals surface area contributed by atoms with Gasteiger partial charge in [-0.05, 0) is 41.1 Å². The molecule has 0 atom stereocenters. The Kier molecular flexibility index (Phi) is 4.79. The average molecular weight is 336 g/mol. The highest BCUT2D eigenvalue weighted by Gasteiger charge is 2.06. The van der Waals surface area contributed by atoms with Gasteiger partial charge in [0, 0.05) is 38.2 Å². The lowest BCUT2D eigenvalue weighted by Gasteiger charge is -2.15. The molecular formula is C14H18BrN5. The number of nitrogens with zero attached hydrogens (tertiary/aromatic N) is 3. The molecule has 6 heteroatoms. The summed E-state index contributed by atoms with van der Waals surface area (Å²) < 4.78 is 0.828. The van der Waals surface area contributed by atoms with Crippen LogP contribution in [0.3, 0.4) is 0 Å². The molecule has 1 heterocycles. The summed E-state index contributed by atoms with van der Waals surface area (Å²) in [5, 5.41) is 6.40. The zero-order chi connectivity index (χ0) is 14.5. The smallest absolute Gasteiger partial charge is 0.224 e. The van der Waals surface area contributed by atoms with E-state index in [9.17, 15) is 0 Å². The Morgan fingerprint density at radius 2 is 2.10 bits per heavy atom. The van der Waals surface area contributed by atoms with Crippen LogP contribution in [0.15, 0.2) is 34.9 Å². The fourth-order valence-electron chi connectivity index (χ4n) is 1.70. The molecule has 0 bridgehead atoms. The Morgan fingerprint density at radius 1 is 1.30 bits per heavy atom. The van der Waals surface area contributed by atoms with Crippen LogP contribution in [0.1, 0.15) is 6.92 Å². The van der Waals surface area contributed by atoms with Gasteiger partial charge in [-0.2, -0.15) is 4.98 Å². The molecule has 0 aliphatic rings. The summed E-state index contributed by atoms with van der Waals surface area (Å²) in [5.74, 6) is 1.36. The highest BCUT2D eigenvalue weighted by molar-refractivity contribution is 9.10. The Balaban J connectivity index is 2.24. The first-order valence-electron chi connectivity index (χ1n) is 6.41. The van der Waals surface area contributed by atoms with Crippen molar-refractivity contribution in [1.29, 1.82) is 0 Å². The maximum atomic E-state index is 4.44. The minimum atomic E-state index is 0.613. The maximum Gasteiger partial charge on any atom is 0.224 e. The molecule has 5 nitrogen and oxygen atoms in total. The quantitative estimate of drug-likeness (QED) is 0.876. The van der Waals surface area contributed by atoms with E-state index in [2.05, 4.69) is 53.6 Å². The second kappa shape index (κ2) is 6.56. The fourth-order valence-corrected chi connectivity index (χ4v) is 1.99. The van der Waals surface area contributed by atoms with Crippen LogP contribution in [0.25, 0.3) is 0 Å². The van der Waals surface area contributed by atoms with Crippen LogP contribution >= 0.6 is 15.9 Å². The molecular weight excluding hydrogens is 318 g/mol. The molecule has 0 spiro atoms. The lowest BCUT2D eigenvalue weighted by Crippen LogP contribution is -2.09. The van der Waals surface area contributed by atoms with Gasteiger partial charge in [0.05, 0.1) is 4.47 Å². The first-order valence-corrected chi connectivity index (χ1v) is 7.20. The monoisotopic (exact) mass is 335 g/mol. The van der Waals surface area contributed by atoms with E-state index in [0.29, 0.717) is 5.95 Å². The second-order valence-electron chi connectivity index (χ2n) is 4.49. The highest BCUT2D eigenvalue weighted by Crippen LogP contribution is 2.26. The van der Waals surface area contributed by atoms with E-state index < -0.39 is 0 Å². The van der Waals surface area contributed by atoms with Gasteiger partial charge in [0.1, 0.15) is 5.82 Å².